The molecule has 6 heteroatoms. The highest BCUT2D eigenvalue weighted by atomic mass is 16.2. The monoisotopic (exact) mass is 329 g/mol. The van der Waals surface area contributed by atoms with Crippen molar-refractivity contribution in [1.29, 1.82) is 0 Å². The second-order valence-electron chi connectivity index (χ2n) is 6.71. The first-order valence-electron chi connectivity index (χ1n) is 8.39. The largest absolute Gasteiger partial charge is 0.385 e. The number of hydrogen-bond acceptors (Lipinski definition) is 4. The Hall–Kier alpha value is -2.37. The molecular weight excluding hydrogens is 306 g/mol. The van der Waals surface area contributed by atoms with Crippen molar-refractivity contribution in [1.82, 2.24) is 15.5 Å². The van der Waals surface area contributed by atoms with Crippen LogP contribution in [0.4, 0.5) is 0 Å². The van der Waals surface area contributed by atoms with E-state index in [1.807, 2.05) is 19.1 Å². The standard InChI is InChI=1S/C18H23N3O3/c1-3-14-13(5-8-19-14)10-12(2)16(23)21-9-7-18(11-21)6-4-15(22)20-17(18)24/h3,10,19H,2,4-9,11H2,1H3,(H,20,22,24)/b13-10-,14-3+. The number of carbonyl (C=O) groups excluding carboxylic acids is 3. The summed E-state index contributed by atoms with van der Waals surface area (Å²) in [6, 6.07) is 0. The molecule has 3 amide bonds. The number of carbonyl (C=O) groups is 3. The van der Waals surface area contributed by atoms with Crippen LogP contribution >= 0.6 is 0 Å². The van der Waals surface area contributed by atoms with Gasteiger partial charge in [0.05, 0.1) is 5.41 Å². The van der Waals surface area contributed by atoms with Crippen LogP contribution in [0.25, 0.3) is 0 Å². The van der Waals surface area contributed by atoms with Gasteiger partial charge in [0.1, 0.15) is 0 Å². The van der Waals surface area contributed by atoms with Crippen LogP contribution in [0.1, 0.15) is 32.6 Å². The van der Waals surface area contributed by atoms with Crippen molar-refractivity contribution in [3.8, 4) is 0 Å². The lowest BCUT2D eigenvalue weighted by molar-refractivity contribution is -0.141. The fourth-order valence-electron chi connectivity index (χ4n) is 3.72. The Balaban J connectivity index is 1.68. The van der Waals surface area contributed by atoms with Gasteiger partial charge in [0.2, 0.25) is 11.8 Å². The quantitative estimate of drug-likeness (QED) is 0.586. The third-order valence-electron chi connectivity index (χ3n) is 5.17. The molecule has 0 aliphatic carbocycles. The average molecular weight is 329 g/mol. The zero-order valence-electron chi connectivity index (χ0n) is 14.0. The minimum absolute atomic E-state index is 0.133. The number of imide groups is 1. The molecule has 3 rings (SSSR count). The molecule has 0 bridgehead atoms. The molecule has 6 nitrogen and oxygen atoms in total. The van der Waals surface area contributed by atoms with E-state index in [-0.39, 0.29) is 17.7 Å². The summed E-state index contributed by atoms with van der Waals surface area (Å²) in [6.45, 7) is 7.63. The van der Waals surface area contributed by atoms with Crippen molar-refractivity contribution in [2.45, 2.75) is 32.6 Å². The molecule has 3 aliphatic rings. The Morgan fingerprint density at radius 3 is 2.79 bits per heavy atom. The first kappa shape index (κ1) is 16.5. The SMILES string of the molecule is C=C(/C=C1/CCN/C1=C/C)C(=O)N1CCC2(CCC(=O)NC2=O)C1. The van der Waals surface area contributed by atoms with Crippen molar-refractivity contribution < 1.29 is 14.4 Å². The van der Waals surface area contributed by atoms with E-state index in [2.05, 4.69) is 17.2 Å². The summed E-state index contributed by atoms with van der Waals surface area (Å²) in [5.74, 6) is -0.599. The van der Waals surface area contributed by atoms with Gasteiger partial charge < -0.3 is 10.2 Å². The predicted molar refractivity (Wildman–Crippen MR) is 89.6 cm³/mol. The number of hydrogen-bond donors (Lipinski definition) is 2. The van der Waals surface area contributed by atoms with Gasteiger partial charge in [-0.05, 0) is 37.8 Å². The van der Waals surface area contributed by atoms with Crippen molar-refractivity contribution in [2.75, 3.05) is 19.6 Å². The van der Waals surface area contributed by atoms with Crippen molar-refractivity contribution in [3.05, 3.63) is 35.6 Å². The molecule has 0 aromatic heterocycles. The molecule has 3 heterocycles. The summed E-state index contributed by atoms with van der Waals surface area (Å²) >= 11 is 0. The molecule has 1 unspecified atom stereocenters. The van der Waals surface area contributed by atoms with E-state index in [0.717, 1.165) is 24.2 Å². The Bertz CT molecular complexity index is 677. The van der Waals surface area contributed by atoms with E-state index in [9.17, 15) is 14.4 Å². The number of nitrogens with one attached hydrogen (secondary N) is 2. The van der Waals surface area contributed by atoms with Crippen molar-refractivity contribution >= 4 is 17.7 Å². The number of nitrogens with zero attached hydrogens (tertiary/aromatic N) is 1. The summed E-state index contributed by atoms with van der Waals surface area (Å²) < 4.78 is 0. The summed E-state index contributed by atoms with van der Waals surface area (Å²) in [5.41, 5.74) is 1.97. The summed E-state index contributed by atoms with van der Waals surface area (Å²) in [6.07, 6.45) is 6.17. The zero-order valence-corrected chi connectivity index (χ0v) is 14.0. The Kier molecular flexibility index (Phi) is 4.30. The number of rotatable bonds is 2. The number of amides is 3. The Morgan fingerprint density at radius 1 is 1.29 bits per heavy atom. The van der Waals surface area contributed by atoms with Crippen LogP contribution in [0.2, 0.25) is 0 Å². The lowest BCUT2D eigenvalue weighted by atomic mass is 9.79. The molecular formula is C18H23N3O3. The van der Waals surface area contributed by atoms with Gasteiger partial charge in [0.15, 0.2) is 0 Å². The number of piperidine rings is 1. The lowest BCUT2D eigenvalue weighted by Gasteiger charge is -2.31. The van der Waals surface area contributed by atoms with Gasteiger partial charge in [-0.1, -0.05) is 12.7 Å². The summed E-state index contributed by atoms with van der Waals surface area (Å²) in [7, 11) is 0. The van der Waals surface area contributed by atoms with Gasteiger partial charge >= 0.3 is 0 Å². The maximum absolute atomic E-state index is 12.7. The van der Waals surface area contributed by atoms with Gasteiger partial charge in [0.25, 0.3) is 5.91 Å². The van der Waals surface area contributed by atoms with Crippen molar-refractivity contribution in [2.24, 2.45) is 5.41 Å². The molecule has 128 valence electrons. The zero-order chi connectivity index (χ0) is 17.3. The highest BCUT2D eigenvalue weighted by molar-refractivity contribution is 6.02. The number of likely N-dealkylation sites (tertiary alicyclic amines) is 1. The Morgan fingerprint density at radius 2 is 2.08 bits per heavy atom. The van der Waals surface area contributed by atoms with Gasteiger partial charge in [0, 0.05) is 37.3 Å². The molecule has 0 aromatic carbocycles. The van der Waals surface area contributed by atoms with Crippen LogP contribution in [-0.4, -0.2) is 42.3 Å². The van der Waals surface area contributed by atoms with E-state index >= 15 is 0 Å². The smallest absolute Gasteiger partial charge is 0.253 e. The topological polar surface area (TPSA) is 78.5 Å². The van der Waals surface area contributed by atoms with Gasteiger partial charge in [-0.15, -0.1) is 0 Å². The minimum atomic E-state index is -0.611. The minimum Gasteiger partial charge on any atom is -0.385 e. The van der Waals surface area contributed by atoms with Crippen LogP contribution < -0.4 is 10.6 Å². The fourth-order valence-corrected chi connectivity index (χ4v) is 3.72. The fraction of sp³-hybridized carbons (Fsp3) is 0.500. The van der Waals surface area contributed by atoms with Crippen LogP contribution in [0.5, 0.6) is 0 Å². The van der Waals surface area contributed by atoms with Crippen LogP contribution in [0, 0.1) is 5.41 Å². The second-order valence-corrected chi connectivity index (χ2v) is 6.71. The van der Waals surface area contributed by atoms with E-state index in [0.29, 0.717) is 37.9 Å². The molecule has 24 heavy (non-hydrogen) atoms. The maximum Gasteiger partial charge on any atom is 0.253 e. The third kappa shape index (κ3) is 2.88. The van der Waals surface area contributed by atoms with Gasteiger partial charge in [-0.25, -0.2) is 0 Å². The molecule has 0 saturated carbocycles. The van der Waals surface area contributed by atoms with E-state index in [1.165, 1.54) is 0 Å². The second kappa shape index (κ2) is 6.26. The molecule has 1 spiro atoms. The van der Waals surface area contributed by atoms with Gasteiger partial charge in [-0.3, -0.25) is 19.7 Å². The normalized spacial score (nSPS) is 30.1. The van der Waals surface area contributed by atoms with E-state index in [1.54, 1.807) is 4.90 Å². The highest BCUT2D eigenvalue weighted by Gasteiger charge is 2.48. The number of allylic oxidation sites excluding steroid dienone is 2. The first-order valence-corrected chi connectivity index (χ1v) is 8.39. The van der Waals surface area contributed by atoms with Gasteiger partial charge in [-0.2, -0.15) is 0 Å². The molecule has 2 N–H and O–H groups in total. The molecule has 3 fully saturated rings. The third-order valence-corrected chi connectivity index (χ3v) is 5.17. The lowest BCUT2D eigenvalue weighted by Crippen LogP contribution is -2.50. The Labute approximate surface area is 141 Å². The van der Waals surface area contributed by atoms with Crippen molar-refractivity contribution in [3.63, 3.8) is 0 Å². The molecule has 3 aliphatic heterocycles. The maximum atomic E-state index is 12.7. The van der Waals surface area contributed by atoms with Crippen LogP contribution in [-0.2, 0) is 14.4 Å². The van der Waals surface area contributed by atoms with E-state index < -0.39 is 5.41 Å². The van der Waals surface area contributed by atoms with E-state index in [4.69, 9.17) is 0 Å². The van der Waals surface area contributed by atoms with Crippen LogP contribution in [0.15, 0.2) is 35.6 Å². The molecule has 0 aromatic rings. The molecule has 3 saturated heterocycles. The first-order chi connectivity index (χ1) is 11.4. The molecule has 1 atom stereocenters. The summed E-state index contributed by atoms with van der Waals surface area (Å²) in [4.78, 5) is 37.9. The highest BCUT2D eigenvalue weighted by Crippen LogP contribution is 2.38. The average Bonchev–Trinajstić information content (AvgIpc) is 3.18. The summed E-state index contributed by atoms with van der Waals surface area (Å²) in [5, 5.41) is 5.68. The predicted octanol–water partition coefficient (Wildman–Crippen LogP) is 1.02. The molecule has 0 radical (unpaired) electrons. The van der Waals surface area contributed by atoms with Crippen LogP contribution in [0.3, 0.4) is 0 Å².